The van der Waals surface area contributed by atoms with Gasteiger partial charge in [0, 0.05) is 38.1 Å². The van der Waals surface area contributed by atoms with Crippen LogP contribution >= 0.6 is 11.3 Å². The van der Waals surface area contributed by atoms with Crippen molar-refractivity contribution < 1.29 is 0 Å². The van der Waals surface area contributed by atoms with Gasteiger partial charge in [0.1, 0.15) is 0 Å². The van der Waals surface area contributed by atoms with Crippen LogP contribution in [-0.2, 0) is 10.8 Å². The zero-order valence-electron chi connectivity index (χ0n) is 41.9. The van der Waals surface area contributed by atoms with Gasteiger partial charge >= 0.3 is 0 Å². The Morgan fingerprint density at radius 3 is 1.61 bits per heavy atom. The smallest absolute Gasteiger partial charge is 0.0755 e. The summed E-state index contributed by atoms with van der Waals surface area (Å²) in [5.74, 6) is 0. The lowest BCUT2D eigenvalue weighted by atomic mass is 9.64. The van der Waals surface area contributed by atoms with Gasteiger partial charge in [0.05, 0.1) is 32.6 Å². The maximum absolute atomic E-state index is 2.61. The average Bonchev–Trinajstić information content (AvgIpc) is 4.33. The molecule has 2 nitrogen and oxygen atoms in total. The number of fused-ring (bicyclic) bond motifs is 18. The van der Waals surface area contributed by atoms with Crippen molar-refractivity contribution in [1.82, 2.24) is 0 Å². The molecule has 77 heavy (non-hydrogen) atoms. The maximum atomic E-state index is 2.61. The Balaban J connectivity index is 1.01. The molecule has 4 aliphatic rings. The lowest BCUT2D eigenvalue weighted by molar-refractivity contribution is 0.753. The molecule has 1 aromatic heterocycles. The van der Waals surface area contributed by atoms with E-state index in [-0.39, 0.29) is 0 Å². The number of benzene rings is 12. The van der Waals surface area contributed by atoms with Crippen LogP contribution in [0.15, 0.2) is 279 Å². The van der Waals surface area contributed by atoms with E-state index in [1.165, 1.54) is 121 Å². The van der Waals surface area contributed by atoms with E-state index >= 15 is 0 Å². The van der Waals surface area contributed by atoms with Gasteiger partial charge in [-0.15, -0.1) is 11.3 Å². The Bertz CT molecular complexity index is 4530. The topological polar surface area (TPSA) is 6.48 Å². The van der Waals surface area contributed by atoms with E-state index in [0.29, 0.717) is 0 Å². The van der Waals surface area contributed by atoms with Crippen LogP contribution < -0.4 is 9.80 Å². The SMILES string of the molecule is c1ccc(-c2cc(N(c3ccc4c(c3)C3(c5ccccc5-c5ccccc53)c3ccccc3-4)c3cccc4c3sc3ccccc34)cc3c2-c2cccc4c2C3(c2ccccc2)c2ccccc2N4c2ccccc2)cc1. The Morgan fingerprint density at radius 1 is 0.338 bits per heavy atom. The minimum Gasteiger partial charge on any atom is -0.310 e. The van der Waals surface area contributed by atoms with Crippen LogP contribution in [0.2, 0.25) is 0 Å². The number of para-hydroxylation sites is 2. The molecule has 1 unspecified atom stereocenters. The second kappa shape index (κ2) is 16.0. The third kappa shape index (κ3) is 5.58. The molecule has 3 heteroatoms. The first-order valence-electron chi connectivity index (χ1n) is 26.7. The van der Waals surface area contributed by atoms with Crippen molar-refractivity contribution in [1.29, 1.82) is 0 Å². The van der Waals surface area contributed by atoms with Gasteiger partial charge in [0.2, 0.25) is 0 Å². The van der Waals surface area contributed by atoms with Gasteiger partial charge in [-0.3, -0.25) is 0 Å². The molecule has 13 aromatic rings. The van der Waals surface area contributed by atoms with E-state index in [1.54, 1.807) is 0 Å². The Morgan fingerprint density at radius 2 is 0.883 bits per heavy atom. The van der Waals surface area contributed by atoms with Gasteiger partial charge < -0.3 is 9.80 Å². The fourth-order valence-corrected chi connectivity index (χ4v) is 15.8. The molecular formula is C74H46N2S. The quantitative estimate of drug-likeness (QED) is 0.164. The molecule has 358 valence electrons. The van der Waals surface area contributed by atoms with E-state index in [9.17, 15) is 0 Å². The molecule has 3 aliphatic carbocycles. The predicted octanol–water partition coefficient (Wildman–Crippen LogP) is 19.7. The molecule has 0 N–H and O–H groups in total. The molecule has 2 heterocycles. The summed E-state index contributed by atoms with van der Waals surface area (Å²) >= 11 is 1.89. The summed E-state index contributed by atoms with van der Waals surface area (Å²) in [4.78, 5) is 5.11. The number of rotatable bonds is 6. The van der Waals surface area contributed by atoms with Crippen LogP contribution in [0.25, 0.3) is 64.7 Å². The molecule has 0 saturated heterocycles. The van der Waals surface area contributed by atoms with Crippen molar-refractivity contribution in [2.75, 3.05) is 9.80 Å². The minimum atomic E-state index is -0.680. The fourth-order valence-electron chi connectivity index (χ4n) is 14.6. The van der Waals surface area contributed by atoms with Gasteiger partial charge in [-0.1, -0.05) is 218 Å². The summed E-state index contributed by atoms with van der Waals surface area (Å²) in [6.45, 7) is 0. The van der Waals surface area contributed by atoms with Crippen LogP contribution in [-0.4, -0.2) is 0 Å². The molecule has 0 fully saturated rings. The molecular weight excluding hydrogens is 949 g/mol. The van der Waals surface area contributed by atoms with Crippen molar-refractivity contribution in [3.8, 4) is 44.5 Å². The number of hydrogen-bond donors (Lipinski definition) is 0. The van der Waals surface area contributed by atoms with Crippen LogP contribution in [0.1, 0.15) is 44.5 Å². The summed E-state index contributed by atoms with van der Waals surface area (Å²) in [6, 6.07) is 105. The van der Waals surface area contributed by atoms with E-state index in [2.05, 4.69) is 289 Å². The highest BCUT2D eigenvalue weighted by molar-refractivity contribution is 7.26. The van der Waals surface area contributed by atoms with Gasteiger partial charge in [0.15, 0.2) is 0 Å². The molecule has 0 bridgehead atoms. The first-order chi connectivity index (χ1) is 38.2. The molecule has 0 radical (unpaired) electrons. The summed E-state index contributed by atoms with van der Waals surface area (Å²) in [5, 5.41) is 2.55. The maximum Gasteiger partial charge on any atom is 0.0755 e. The van der Waals surface area contributed by atoms with Gasteiger partial charge in [-0.25, -0.2) is 0 Å². The molecule has 0 amide bonds. The first-order valence-corrected chi connectivity index (χ1v) is 27.6. The Labute approximate surface area is 451 Å². The monoisotopic (exact) mass is 994 g/mol. The fraction of sp³-hybridized carbons (Fsp3) is 0.0270. The molecule has 12 aromatic carbocycles. The van der Waals surface area contributed by atoms with Gasteiger partial charge in [-0.05, 0) is 144 Å². The molecule has 17 rings (SSSR count). The molecule has 1 atom stereocenters. The zero-order valence-corrected chi connectivity index (χ0v) is 42.7. The van der Waals surface area contributed by atoms with Crippen LogP contribution in [0.5, 0.6) is 0 Å². The standard InChI is InChI=1S/C74H46N2S/c1-4-22-47(23-5-1)59-44-51(46-65-70(59)58-33-21-39-67-71(58)73(65,48-24-6-2-7-25-48)63-37-17-18-38-66(63)76(67)49-26-8-3-9-27-49)75(68-40-20-32-57-56-31-13-19-41-69(56)77-72(57)68)50-42-43-55-54-30-12-16-36-62(54)74(64(55)45-50)60-34-14-10-28-52(60)53-29-11-15-35-61(53)74/h1-46H. The second-order valence-corrected chi connectivity index (χ2v) is 22.0. The normalized spacial score (nSPS) is 15.4. The number of anilines is 6. The highest BCUT2D eigenvalue weighted by atomic mass is 32.1. The zero-order chi connectivity index (χ0) is 50.4. The van der Waals surface area contributed by atoms with Crippen LogP contribution in [0.3, 0.4) is 0 Å². The average molecular weight is 995 g/mol. The van der Waals surface area contributed by atoms with Crippen molar-refractivity contribution >= 4 is 65.6 Å². The van der Waals surface area contributed by atoms with Gasteiger partial charge in [0.25, 0.3) is 0 Å². The molecule has 1 spiro atoms. The number of thiophene rings is 1. The van der Waals surface area contributed by atoms with Gasteiger partial charge in [-0.2, -0.15) is 0 Å². The van der Waals surface area contributed by atoms with E-state index < -0.39 is 10.8 Å². The summed E-state index contributed by atoms with van der Waals surface area (Å²) in [6.07, 6.45) is 0. The summed E-state index contributed by atoms with van der Waals surface area (Å²) in [7, 11) is 0. The predicted molar refractivity (Wildman–Crippen MR) is 321 cm³/mol. The van der Waals surface area contributed by atoms with Crippen molar-refractivity contribution in [3.05, 3.63) is 324 Å². The minimum absolute atomic E-state index is 0.511. The lowest BCUT2D eigenvalue weighted by Gasteiger charge is -2.44. The Kier molecular flexibility index (Phi) is 8.88. The van der Waals surface area contributed by atoms with Crippen molar-refractivity contribution in [2.24, 2.45) is 0 Å². The van der Waals surface area contributed by atoms with Crippen LogP contribution in [0, 0.1) is 0 Å². The third-order valence-corrected chi connectivity index (χ3v) is 18.6. The van der Waals surface area contributed by atoms with E-state index in [1.807, 2.05) is 11.3 Å². The van der Waals surface area contributed by atoms with Crippen LogP contribution in [0.4, 0.5) is 34.1 Å². The number of nitrogens with zero attached hydrogens (tertiary/aromatic N) is 2. The first kappa shape index (κ1) is 42.8. The Hall–Kier alpha value is -9.54. The van der Waals surface area contributed by atoms with Crippen molar-refractivity contribution in [3.63, 3.8) is 0 Å². The highest BCUT2D eigenvalue weighted by Gasteiger charge is 2.54. The second-order valence-electron chi connectivity index (χ2n) is 21.0. The van der Waals surface area contributed by atoms with Crippen molar-refractivity contribution in [2.45, 2.75) is 10.8 Å². The largest absolute Gasteiger partial charge is 0.310 e. The number of hydrogen-bond acceptors (Lipinski definition) is 3. The van der Waals surface area contributed by atoms with E-state index in [0.717, 1.165) is 22.7 Å². The summed E-state index contributed by atoms with van der Waals surface area (Å²) in [5.41, 5.74) is 26.2. The molecule has 0 saturated carbocycles. The third-order valence-electron chi connectivity index (χ3n) is 17.4. The highest BCUT2D eigenvalue weighted by Crippen LogP contribution is 2.68. The molecule has 1 aliphatic heterocycles. The summed E-state index contributed by atoms with van der Waals surface area (Å²) < 4.78 is 2.54. The lowest BCUT2D eigenvalue weighted by Crippen LogP contribution is -2.36. The van der Waals surface area contributed by atoms with E-state index in [4.69, 9.17) is 0 Å².